The number of ether oxygens (including phenoxy) is 1. The number of para-hydroxylation sites is 1. The average molecular weight is 387 g/mol. The molecule has 2 amide bonds. The first-order valence-corrected chi connectivity index (χ1v) is 10.1. The lowest BCUT2D eigenvalue weighted by atomic mass is 9.89. The van der Waals surface area contributed by atoms with Crippen molar-refractivity contribution in [1.29, 1.82) is 0 Å². The molecule has 152 valence electrons. The van der Waals surface area contributed by atoms with Gasteiger partial charge in [0.15, 0.2) is 6.61 Å². The van der Waals surface area contributed by atoms with Crippen LogP contribution in [-0.4, -0.2) is 62.0 Å². The molecule has 3 rings (SSSR count). The quantitative estimate of drug-likeness (QED) is 0.750. The van der Waals surface area contributed by atoms with Crippen LogP contribution in [0.4, 0.5) is 5.69 Å². The minimum atomic E-state index is -0.569. The van der Waals surface area contributed by atoms with Gasteiger partial charge in [0.2, 0.25) is 5.91 Å². The monoisotopic (exact) mass is 387 g/mol. The summed E-state index contributed by atoms with van der Waals surface area (Å²) >= 11 is 0. The summed E-state index contributed by atoms with van der Waals surface area (Å²) in [5, 5.41) is 2.63. The van der Waals surface area contributed by atoms with Gasteiger partial charge in [-0.1, -0.05) is 37.5 Å². The summed E-state index contributed by atoms with van der Waals surface area (Å²) in [5.74, 6) is -0.843. The van der Waals surface area contributed by atoms with Crippen LogP contribution < -0.4 is 10.2 Å². The lowest BCUT2D eigenvalue weighted by molar-refractivity contribution is -0.152. The van der Waals surface area contributed by atoms with Gasteiger partial charge in [0.25, 0.3) is 5.91 Å². The van der Waals surface area contributed by atoms with Gasteiger partial charge < -0.3 is 19.9 Å². The average Bonchev–Trinajstić information content (AvgIpc) is 2.77. The number of nitrogens with one attached hydrogen (secondary N) is 1. The summed E-state index contributed by atoms with van der Waals surface area (Å²) in [7, 11) is 0. The predicted molar refractivity (Wildman–Crippen MR) is 106 cm³/mol. The Hall–Kier alpha value is -2.57. The fourth-order valence-electron chi connectivity index (χ4n) is 3.81. The van der Waals surface area contributed by atoms with E-state index in [0.717, 1.165) is 44.5 Å². The van der Waals surface area contributed by atoms with E-state index in [9.17, 15) is 14.4 Å². The van der Waals surface area contributed by atoms with Gasteiger partial charge in [-0.15, -0.1) is 0 Å². The van der Waals surface area contributed by atoms with Crippen LogP contribution in [0.2, 0.25) is 0 Å². The number of esters is 1. The van der Waals surface area contributed by atoms with Gasteiger partial charge >= 0.3 is 5.97 Å². The molecule has 2 fully saturated rings. The van der Waals surface area contributed by atoms with Crippen LogP contribution in [-0.2, 0) is 19.1 Å². The second-order valence-electron chi connectivity index (χ2n) is 7.42. The normalized spacial score (nSPS) is 17.9. The number of hydrogen-bond acceptors (Lipinski definition) is 5. The topological polar surface area (TPSA) is 78.9 Å². The Morgan fingerprint density at radius 3 is 2.32 bits per heavy atom. The smallest absolute Gasteiger partial charge is 0.325 e. The second kappa shape index (κ2) is 10.1. The van der Waals surface area contributed by atoms with E-state index in [-0.39, 0.29) is 30.9 Å². The molecule has 0 bridgehead atoms. The molecule has 1 heterocycles. The molecule has 1 aromatic carbocycles. The largest absolute Gasteiger partial charge is 0.454 e. The Morgan fingerprint density at radius 1 is 0.964 bits per heavy atom. The van der Waals surface area contributed by atoms with Crippen molar-refractivity contribution in [1.82, 2.24) is 10.2 Å². The van der Waals surface area contributed by atoms with E-state index in [1.165, 1.54) is 6.42 Å². The first-order chi connectivity index (χ1) is 13.6. The Morgan fingerprint density at radius 2 is 1.64 bits per heavy atom. The van der Waals surface area contributed by atoms with Crippen LogP contribution in [0.1, 0.15) is 32.1 Å². The molecule has 2 aliphatic rings. The molecule has 1 aliphatic heterocycles. The summed E-state index contributed by atoms with van der Waals surface area (Å²) in [5.41, 5.74) is 1.15. The highest BCUT2D eigenvalue weighted by Gasteiger charge is 2.23. The maximum atomic E-state index is 12.3. The first kappa shape index (κ1) is 20.2. The fourth-order valence-corrected chi connectivity index (χ4v) is 3.81. The van der Waals surface area contributed by atoms with Crippen molar-refractivity contribution in [2.24, 2.45) is 5.92 Å². The van der Waals surface area contributed by atoms with Crippen LogP contribution in [0.15, 0.2) is 30.3 Å². The molecule has 1 saturated carbocycles. The molecule has 0 spiro atoms. The molecule has 0 aromatic heterocycles. The number of anilines is 1. The number of benzene rings is 1. The van der Waals surface area contributed by atoms with Crippen molar-refractivity contribution < 1.29 is 19.1 Å². The van der Waals surface area contributed by atoms with Gasteiger partial charge in [0.05, 0.1) is 0 Å². The first-order valence-electron chi connectivity index (χ1n) is 10.1. The van der Waals surface area contributed by atoms with E-state index in [1.54, 1.807) is 4.90 Å². The zero-order valence-corrected chi connectivity index (χ0v) is 16.3. The maximum absolute atomic E-state index is 12.3. The van der Waals surface area contributed by atoms with Crippen LogP contribution in [0.25, 0.3) is 0 Å². The lowest BCUT2D eigenvalue weighted by Crippen LogP contribution is -2.50. The number of rotatable bonds is 6. The Balaban J connectivity index is 1.33. The SMILES string of the molecule is O=C(CNC(=O)C1CCCCC1)OCC(=O)N1CCN(c2ccccc2)CC1. The highest BCUT2D eigenvalue weighted by Crippen LogP contribution is 2.23. The highest BCUT2D eigenvalue weighted by atomic mass is 16.5. The molecule has 1 saturated heterocycles. The van der Waals surface area contributed by atoms with Crippen LogP contribution in [0, 0.1) is 5.92 Å². The van der Waals surface area contributed by atoms with E-state index >= 15 is 0 Å². The van der Waals surface area contributed by atoms with Gasteiger partial charge in [-0.25, -0.2) is 0 Å². The van der Waals surface area contributed by atoms with Crippen molar-refractivity contribution in [3.63, 3.8) is 0 Å². The molecular weight excluding hydrogens is 358 g/mol. The number of nitrogens with zero attached hydrogens (tertiary/aromatic N) is 2. The number of piperazine rings is 1. The number of hydrogen-bond donors (Lipinski definition) is 1. The van der Waals surface area contributed by atoms with Crippen molar-refractivity contribution >= 4 is 23.5 Å². The molecular formula is C21H29N3O4. The van der Waals surface area contributed by atoms with Crippen molar-refractivity contribution in [2.75, 3.05) is 44.2 Å². The maximum Gasteiger partial charge on any atom is 0.325 e. The van der Waals surface area contributed by atoms with E-state index in [4.69, 9.17) is 4.74 Å². The van der Waals surface area contributed by atoms with E-state index in [1.807, 2.05) is 18.2 Å². The third-order valence-corrected chi connectivity index (χ3v) is 5.49. The lowest BCUT2D eigenvalue weighted by Gasteiger charge is -2.36. The van der Waals surface area contributed by atoms with Crippen molar-refractivity contribution in [2.45, 2.75) is 32.1 Å². The van der Waals surface area contributed by atoms with Crippen LogP contribution >= 0.6 is 0 Å². The van der Waals surface area contributed by atoms with Gasteiger partial charge in [0.1, 0.15) is 6.54 Å². The molecule has 7 heteroatoms. The standard InChI is InChI=1S/C21H29N3O4/c25-19(24-13-11-23(12-14-24)18-9-5-2-6-10-18)16-28-20(26)15-22-21(27)17-7-3-1-4-8-17/h2,5-6,9-10,17H,1,3-4,7-8,11-16H2,(H,22,27). The molecule has 0 atom stereocenters. The zero-order chi connectivity index (χ0) is 19.8. The summed E-state index contributed by atoms with van der Waals surface area (Å²) in [6.45, 7) is 2.25. The Bertz CT molecular complexity index is 665. The molecule has 1 aromatic rings. The molecule has 1 N–H and O–H groups in total. The Labute approximate surface area is 166 Å². The number of carbonyl (C=O) groups is 3. The predicted octanol–water partition coefficient (Wildman–Crippen LogP) is 1.57. The third kappa shape index (κ3) is 5.71. The summed E-state index contributed by atoms with van der Waals surface area (Å²) in [4.78, 5) is 40.1. The van der Waals surface area contributed by atoms with Crippen molar-refractivity contribution in [3.05, 3.63) is 30.3 Å². The van der Waals surface area contributed by atoms with Crippen LogP contribution in [0.3, 0.4) is 0 Å². The molecule has 7 nitrogen and oxygen atoms in total. The minimum absolute atomic E-state index is 0.00379. The van der Waals surface area contributed by atoms with Gasteiger partial charge in [-0.2, -0.15) is 0 Å². The molecule has 0 unspecified atom stereocenters. The second-order valence-corrected chi connectivity index (χ2v) is 7.42. The van der Waals surface area contributed by atoms with Gasteiger partial charge in [-0.3, -0.25) is 14.4 Å². The van der Waals surface area contributed by atoms with E-state index in [2.05, 4.69) is 22.3 Å². The highest BCUT2D eigenvalue weighted by molar-refractivity contribution is 5.85. The van der Waals surface area contributed by atoms with Gasteiger partial charge in [-0.05, 0) is 25.0 Å². The summed E-state index contributed by atoms with van der Waals surface area (Å²) in [6, 6.07) is 10.1. The summed E-state index contributed by atoms with van der Waals surface area (Å²) < 4.78 is 5.05. The number of carbonyl (C=O) groups excluding carboxylic acids is 3. The molecule has 28 heavy (non-hydrogen) atoms. The van der Waals surface area contributed by atoms with Crippen molar-refractivity contribution in [3.8, 4) is 0 Å². The number of amides is 2. The van der Waals surface area contributed by atoms with E-state index in [0.29, 0.717) is 13.1 Å². The summed E-state index contributed by atoms with van der Waals surface area (Å²) in [6.07, 6.45) is 5.07. The van der Waals surface area contributed by atoms with E-state index < -0.39 is 5.97 Å². The Kier molecular flexibility index (Phi) is 7.28. The zero-order valence-electron chi connectivity index (χ0n) is 16.3. The molecule has 1 aliphatic carbocycles. The van der Waals surface area contributed by atoms with Gasteiger partial charge in [0, 0.05) is 37.8 Å². The fraction of sp³-hybridized carbons (Fsp3) is 0.571. The molecule has 0 radical (unpaired) electrons. The third-order valence-electron chi connectivity index (χ3n) is 5.49. The van der Waals surface area contributed by atoms with Crippen LogP contribution in [0.5, 0.6) is 0 Å². The minimum Gasteiger partial charge on any atom is -0.454 e.